The molecular formula is C34H35F2N7O5. The van der Waals surface area contributed by atoms with E-state index in [9.17, 15) is 18.4 Å². The van der Waals surface area contributed by atoms with Gasteiger partial charge in [-0.15, -0.1) is 0 Å². The summed E-state index contributed by atoms with van der Waals surface area (Å²) in [6.07, 6.45) is 2.32. The summed E-state index contributed by atoms with van der Waals surface area (Å²) in [5, 5.41) is 6.80. The van der Waals surface area contributed by atoms with Crippen LogP contribution in [-0.2, 0) is 26.6 Å². The van der Waals surface area contributed by atoms with Crippen molar-refractivity contribution in [1.82, 2.24) is 20.1 Å². The number of aromatic nitrogens is 3. The minimum atomic E-state index is -1.52. The van der Waals surface area contributed by atoms with Gasteiger partial charge in [0.25, 0.3) is 5.91 Å². The highest BCUT2D eigenvalue weighted by Crippen LogP contribution is 2.38. The largest absolute Gasteiger partial charge is 0.491 e. The van der Waals surface area contributed by atoms with Crippen LogP contribution in [0.3, 0.4) is 0 Å². The lowest BCUT2D eigenvalue weighted by Gasteiger charge is -2.37. The predicted molar refractivity (Wildman–Crippen MR) is 172 cm³/mol. The molecule has 3 fully saturated rings. The summed E-state index contributed by atoms with van der Waals surface area (Å²) < 4.78 is 48.2. The van der Waals surface area contributed by atoms with Crippen molar-refractivity contribution in [2.75, 3.05) is 54.1 Å². The monoisotopic (exact) mass is 659 g/mol. The number of rotatable bonds is 9. The number of hydrogen-bond donors (Lipinski definition) is 1. The molecule has 48 heavy (non-hydrogen) atoms. The normalized spacial score (nSPS) is 22.3. The number of carbonyl (C=O) groups is 2. The van der Waals surface area contributed by atoms with Crippen molar-refractivity contribution in [2.24, 2.45) is 0 Å². The van der Waals surface area contributed by atoms with Gasteiger partial charge >= 0.3 is 6.03 Å². The Balaban J connectivity index is 0.925. The highest BCUT2D eigenvalue weighted by atomic mass is 19.1. The molecule has 3 aliphatic heterocycles. The third-order valence-electron chi connectivity index (χ3n) is 8.79. The lowest BCUT2D eigenvalue weighted by atomic mass is 10.0. The molecule has 2 unspecified atom stereocenters. The number of urea groups is 1. The van der Waals surface area contributed by atoms with Gasteiger partial charge in [0.15, 0.2) is 0 Å². The number of ether oxygens (including phenoxy) is 3. The third-order valence-corrected chi connectivity index (χ3v) is 8.79. The number of piperazine rings is 1. The van der Waals surface area contributed by atoms with E-state index in [1.165, 1.54) is 34.4 Å². The highest BCUT2D eigenvalue weighted by Gasteiger charge is 2.47. The molecule has 0 saturated carbocycles. The van der Waals surface area contributed by atoms with Crippen molar-refractivity contribution in [3.05, 3.63) is 96.6 Å². The van der Waals surface area contributed by atoms with Crippen LogP contribution >= 0.6 is 0 Å². The van der Waals surface area contributed by atoms with Gasteiger partial charge in [0, 0.05) is 49.2 Å². The number of amides is 3. The number of imide groups is 1. The van der Waals surface area contributed by atoms with Gasteiger partial charge < -0.3 is 29.3 Å². The molecule has 3 amide bonds. The van der Waals surface area contributed by atoms with Crippen LogP contribution in [0.1, 0.15) is 19.4 Å². The molecule has 7 rings (SSSR count). The van der Waals surface area contributed by atoms with Gasteiger partial charge in [-0.2, -0.15) is 5.10 Å². The quantitative estimate of drug-likeness (QED) is 0.266. The zero-order chi connectivity index (χ0) is 33.5. The average Bonchev–Trinajstić information content (AvgIpc) is 3.79. The predicted octanol–water partition coefficient (Wildman–Crippen LogP) is 4.07. The van der Waals surface area contributed by atoms with Gasteiger partial charge in [-0.05, 0) is 74.5 Å². The number of benzene rings is 3. The van der Waals surface area contributed by atoms with E-state index in [1.807, 2.05) is 36.4 Å². The minimum absolute atomic E-state index is 0.0240. The zero-order valence-electron chi connectivity index (χ0n) is 26.5. The SMILES string of the molecule is CC1(C)NC(=O)N(c2ccc(N3CCN(c4ccc(OCC5COC(Cn6cncn6)(c6ccc(F)cc6F)O5)cc4)CC3)cc2)C1=O. The molecule has 0 bridgehead atoms. The summed E-state index contributed by atoms with van der Waals surface area (Å²) in [5.74, 6) is -2.61. The maximum atomic E-state index is 14.9. The van der Waals surface area contributed by atoms with E-state index in [1.54, 1.807) is 26.0 Å². The summed E-state index contributed by atoms with van der Waals surface area (Å²) >= 11 is 0. The lowest BCUT2D eigenvalue weighted by molar-refractivity contribution is -0.192. The first kappa shape index (κ1) is 31.5. The molecule has 14 heteroatoms. The molecule has 4 aromatic rings. The van der Waals surface area contributed by atoms with Gasteiger partial charge in [-0.3, -0.25) is 4.79 Å². The van der Waals surface area contributed by atoms with Gasteiger partial charge in [-0.1, -0.05) is 0 Å². The molecule has 3 aliphatic rings. The van der Waals surface area contributed by atoms with E-state index < -0.39 is 35.1 Å². The molecule has 1 N–H and O–H groups in total. The van der Waals surface area contributed by atoms with Crippen LogP contribution in [0.25, 0.3) is 0 Å². The van der Waals surface area contributed by atoms with Crippen molar-refractivity contribution in [1.29, 1.82) is 0 Å². The molecule has 250 valence electrons. The second-order valence-electron chi connectivity index (χ2n) is 12.5. The molecule has 3 aromatic carbocycles. The van der Waals surface area contributed by atoms with E-state index in [-0.39, 0.29) is 31.2 Å². The molecule has 12 nitrogen and oxygen atoms in total. The zero-order valence-corrected chi connectivity index (χ0v) is 26.5. The minimum Gasteiger partial charge on any atom is -0.491 e. The molecule has 0 radical (unpaired) electrons. The summed E-state index contributed by atoms with van der Waals surface area (Å²) in [6, 6.07) is 18.2. The van der Waals surface area contributed by atoms with Crippen LogP contribution in [0.2, 0.25) is 0 Å². The fourth-order valence-electron chi connectivity index (χ4n) is 6.24. The Hall–Kier alpha value is -5.08. The van der Waals surface area contributed by atoms with Crippen LogP contribution in [0.5, 0.6) is 5.75 Å². The number of halogens is 2. The van der Waals surface area contributed by atoms with Gasteiger partial charge in [-0.25, -0.2) is 28.1 Å². The van der Waals surface area contributed by atoms with Gasteiger partial charge in [0.2, 0.25) is 5.79 Å². The molecular weight excluding hydrogens is 624 g/mol. The standard InChI is InChI=1S/C34H35F2N7O5/c1-33(2)31(44)43(32(45)39-33)26-6-4-24(5-7-26)40-13-15-41(16-14-40)25-8-10-27(11-9-25)46-18-28-19-47-34(48-28,20-42-22-37-21-38-42)29-12-3-23(35)17-30(29)36/h3-12,17,21-22,28H,13-16,18-20H2,1-2H3,(H,39,45). The second kappa shape index (κ2) is 12.5. The number of nitrogens with one attached hydrogen (secondary N) is 1. The lowest BCUT2D eigenvalue weighted by Crippen LogP contribution is -2.46. The van der Waals surface area contributed by atoms with Crippen molar-refractivity contribution in [3.63, 3.8) is 0 Å². The highest BCUT2D eigenvalue weighted by molar-refractivity contribution is 6.23. The third kappa shape index (κ3) is 6.16. The average molecular weight is 660 g/mol. The van der Waals surface area contributed by atoms with Gasteiger partial charge in [0.05, 0.1) is 12.3 Å². The molecule has 2 atom stereocenters. The molecule has 3 saturated heterocycles. The first-order valence-corrected chi connectivity index (χ1v) is 15.7. The number of anilines is 3. The van der Waals surface area contributed by atoms with E-state index in [2.05, 4.69) is 25.2 Å². The maximum Gasteiger partial charge on any atom is 0.329 e. The van der Waals surface area contributed by atoms with Crippen molar-refractivity contribution in [3.8, 4) is 5.75 Å². The van der Waals surface area contributed by atoms with Crippen molar-refractivity contribution >= 4 is 29.0 Å². The maximum absolute atomic E-state index is 14.9. The van der Waals surface area contributed by atoms with Crippen LogP contribution in [0.4, 0.5) is 30.6 Å². The summed E-state index contributed by atoms with van der Waals surface area (Å²) in [6.45, 7) is 6.93. The Labute approximate surface area is 275 Å². The Morgan fingerprint density at radius 1 is 0.917 bits per heavy atom. The van der Waals surface area contributed by atoms with Crippen LogP contribution in [0.15, 0.2) is 79.4 Å². The molecule has 0 spiro atoms. The summed E-state index contributed by atoms with van der Waals surface area (Å²) in [7, 11) is 0. The first-order chi connectivity index (χ1) is 23.1. The Kier molecular flexibility index (Phi) is 8.21. The fourth-order valence-corrected chi connectivity index (χ4v) is 6.24. The first-order valence-electron chi connectivity index (χ1n) is 15.7. The number of nitrogens with zero attached hydrogens (tertiary/aromatic N) is 6. The summed E-state index contributed by atoms with van der Waals surface area (Å²) in [5.41, 5.74) is 1.79. The number of hydrogen-bond acceptors (Lipinski definition) is 9. The molecule has 0 aliphatic carbocycles. The van der Waals surface area contributed by atoms with Crippen LogP contribution in [0, 0.1) is 11.6 Å². The van der Waals surface area contributed by atoms with E-state index in [0.717, 1.165) is 43.6 Å². The van der Waals surface area contributed by atoms with Crippen LogP contribution in [-0.4, -0.2) is 77.7 Å². The van der Waals surface area contributed by atoms with E-state index in [0.29, 0.717) is 11.4 Å². The second-order valence-corrected chi connectivity index (χ2v) is 12.5. The Bertz CT molecular complexity index is 1780. The van der Waals surface area contributed by atoms with Crippen molar-refractivity contribution in [2.45, 2.75) is 37.8 Å². The summed E-state index contributed by atoms with van der Waals surface area (Å²) in [4.78, 5) is 34.7. The Morgan fingerprint density at radius 3 is 2.15 bits per heavy atom. The molecule has 4 heterocycles. The van der Waals surface area contributed by atoms with Crippen molar-refractivity contribution < 1.29 is 32.6 Å². The van der Waals surface area contributed by atoms with Crippen LogP contribution < -0.4 is 24.8 Å². The van der Waals surface area contributed by atoms with E-state index in [4.69, 9.17) is 14.2 Å². The van der Waals surface area contributed by atoms with E-state index >= 15 is 0 Å². The number of carbonyl (C=O) groups excluding carboxylic acids is 2. The van der Waals surface area contributed by atoms with Gasteiger partial charge in [0.1, 0.15) is 54.8 Å². The smallest absolute Gasteiger partial charge is 0.329 e. The Morgan fingerprint density at radius 2 is 1.56 bits per heavy atom. The molecule has 1 aromatic heterocycles. The topological polar surface area (TPSA) is 114 Å². The fraction of sp³-hybridized carbons (Fsp3) is 0.353.